The number of carbonyl (C=O) groups is 1. The van der Waals surface area contributed by atoms with E-state index in [2.05, 4.69) is 6.92 Å². The van der Waals surface area contributed by atoms with Gasteiger partial charge in [-0.15, -0.1) is 0 Å². The van der Waals surface area contributed by atoms with Gasteiger partial charge in [-0.3, -0.25) is 8.98 Å². The van der Waals surface area contributed by atoms with Crippen LogP contribution in [0.3, 0.4) is 0 Å². The van der Waals surface area contributed by atoms with Crippen LogP contribution in [-0.2, 0) is 57.0 Å². The van der Waals surface area contributed by atoms with Crippen molar-refractivity contribution in [3.05, 3.63) is 29.8 Å². The molecule has 0 spiro atoms. The number of rotatable bonds is 31. The molecule has 0 heterocycles. The molecule has 13 heteroatoms. The molecule has 0 bridgehead atoms. The largest absolute Gasteiger partial charge is 0.463 e. The third-order valence-corrected chi connectivity index (χ3v) is 7.06. The quantitative estimate of drug-likeness (QED) is 0.0672. The number of hydrogen-bond donors (Lipinski definition) is 0. The minimum atomic E-state index is -3.77. The Morgan fingerprint density at radius 2 is 0.953 bits per heavy atom. The Balaban J connectivity index is 1.72. The molecule has 0 fully saturated rings. The summed E-state index contributed by atoms with van der Waals surface area (Å²) in [5.41, 5.74) is 0.974. The zero-order valence-corrected chi connectivity index (χ0v) is 26.8. The van der Waals surface area contributed by atoms with E-state index in [9.17, 15) is 13.2 Å². The van der Waals surface area contributed by atoms with Crippen LogP contribution in [0.5, 0.6) is 0 Å². The first-order chi connectivity index (χ1) is 21.0. The van der Waals surface area contributed by atoms with E-state index in [0.29, 0.717) is 92.3 Å². The SMILES string of the molecule is CCCCCCC(=O)OCCOCCOCCOCCOCCOCCOCCOCCOS(=O)(=O)c1ccc(C)cc1. The van der Waals surface area contributed by atoms with Crippen LogP contribution in [0.25, 0.3) is 0 Å². The topological polar surface area (TPSA) is 134 Å². The predicted octanol–water partition coefficient (Wildman–Crippen LogP) is 3.33. The third kappa shape index (κ3) is 24.3. The number of unbranched alkanes of at least 4 members (excludes halogenated alkanes) is 3. The van der Waals surface area contributed by atoms with E-state index in [4.69, 9.17) is 42.1 Å². The van der Waals surface area contributed by atoms with E-state index >= 15 is 0 Å². The average Bonchev–Trinajstić information content (AvgIpc) is 2.99. The molecule has 0 aliphatic heterocycles. The molecule has 0 aliphatic rings. The van der Waals surface area contributed by atoms with Crippen molar-refractivity contribution in [1.82, 2.24) is 0 Å². The van der Waals surface area contributed by atoms with Crippen molar-refractivity contribution in [2.24, 2.45) is 0 Å². The molecule has 0 saturated carbocycles. The van der Waals surface area contributed by atoms with Crippen molar-refractivity contribution in [1.29, 1.82) is 0 Å². The van der Waals surface area contributed by atoms with Crippen LogP contribution in [0, 0.1) is 6.92 Å². The predicted molar refractivity (Wildman–Crippen MR) is 160 cm³/mol. The summed E-state index contributed by atoms with van der Waals surface area (Å²) in [7, 11) is -3.77. The molecular weight excluding hydrogens is 584 g/mol. The maximum Gasteiger partial charge on any atom is 0.305 e. The van der Waals surface area contributed by atoms with E-state index in [-0.39, 0.29) is 30.7 Å². The molecule has 1 aromatic rings. The van der Waals surface area contributed by atoms with Gasteiger partial charge in [0, 0.05) is 6.42 Å². The molecule has 12 nitrogen and oxygen atoms in total. The second-order valence-corrected chi connectivity index (χ2v) is 11.0. The van der Waals surface area contributed by atoms with Crippen LogP contribution in [0.1, 0.15) is 44.6 Å². The van der Waals surface area contributed by atoms with E-state index < -0.39 is 10.1 Å². The van der Waals surface area contributed by atoms with Gasteiger partial charge in [-0.1, -0.05) is 43.9 Å². The first-order valence-corrected chi connectivity index (χ1v) is 16.5. The highest BCUT2D eigenvalue weighted by molar-refractivity contribution is 7.86. The molecular formula is C30H52O12S. The lowest BCUT2D eigenvalue weighted by molar-refractivity contribution is -0.145. The molecule has 0 unspecified atom stereocenters. The molecule has 0 atom stereocenters. The minimum Gasteiger partial charge on any atom is -0.463 e. The Hall–Kier alpha value is -1.68. The molecule has 250 valence electrons. The molecule has 0 aliphatic carbocycles. The molecule has 43 heavy (non-hydrogen) atoms. The fourth-order valence-corrected chi connectivity index (χ4v) is 4.27. The average molecular weight is 637 g/mol. The van der Waals surface area contributed by atoms with Gasteiger partial charge in [0.2, 0.25) is 0 Å². The zero-order chi connectivity index (χ0) is 31.3. The maximum atomic E-state index is 12.1. The summed E-state index contributed by atoms with van der Waals surface area (Å²) < 4.78 is 72.1. The van der Waals surface area contributed by atoms with Gasteiger partial charge in [0.05, 0.1) is 104 Å². The third-order valence-electron chi connectivity index (χ3n) is 5.73. The van der Waals surface area contributed by atoms with Gasteiger partial charge >= 0.3 is 5.97 Å². The van der Waals surface area contributed by atoms with Crippen LogP contribution < -0.4 is 0 Å². The molecule has 0 aromatic heterocycles. The van der Waals surface area contributed by atoms with Gasteiger partial charge in [0.15, 0.2) is 0 Å². The van der Waals surface area contributed by atoms with Crippen molar-refractivity contribution >= 4 is 16.1 Å². The fourth-order valence-electron chi connectivity index (χ4n) is 3.38. The van der Waals surface area contributed by atoms with Crippen LogP contribution in [0.15, 0.2) is 29.2 Å². The van der Waals surface area contributed by atoms with Gasteiger partial charge < -0.3 is 37.9 Å². The van der Waals surface area contributed by atoms with Crippen molar-refractivity contribution in [2.75, 3.05) is 106 Å². The summed E-state index contributed by atoms with van der Waals surface area (Å²) in [6.07, 6.45) is 4.72. The number of benzene rings is 1. The van der Waals surface area contributed by atoms with Crippen molar-refractivity contribution in [3.63, 3.8) is 0 Å². The lowest BCUT2D eigenvalue weighted by Gasteiger charge is -2.09. The first-order valence-electron chi connectivity index (χ1n) is 15.1. The van der Waals surface area contributed by atoms with Crippen LogP contribution in [0.2, 0.25) is 0 Å². The molecule has 0 amide bonds. The van der Waals surface area contributed by atoms with Crippen molar-refractivity contribution in [2.45, 2.75) is 50.8 Å². The molecule has 0 saturated heterocycles. The summed E-state index contributed by atoms with van der Waals surface area (Å²) in [4.78, 5) is 11.7. The van der Waals surface area contributed by atoms with E-state index in [1.165, 1.54) is 12.1 Å². The Kier molecular flexibility index (Phi) is 25.5. The highest BCUT2D eigenvalue weighted by Crippen LogP contribution is 2.13. The molecule has 0 radical (unpaired) electrons. The summed E-state index contributed by atoms with van der Waals surface area (Å²) in [6, 6.07) is 6.47. The van der Waals surface area contributed by atoms with Gasteiger partial charge in [-0.25, -0.2) is 0 Å². The van der Waals surface area contributed by atoms with Crippen LogP contribution in [0.4, 0.5) is 0 Å². The highest BCUT2D eigenvalue weighted by Gasteiger charge is 2.14. The Morgan fingerprint density at radius 1 is 0.558 bits per heavy atom. The highest BCUT2D eigenvalue weighted by atomic mass is 32.2. The second kappa shape index (κ2) is 27.8. The van der Waals surface area contributed by atoms with Gasteiger partial charge in [0.1, 0.15) is 6.61 Å². The van der Waals surface area contributed by atoms with Crippen molar-refractivity contribution < 1.29 is 55.3 Å². The normalized spacial score (nSPS) is 11.7. The van der Waals surface area contributed by atoms with Gasteiger partial charge in [0.25, 0.3) is 10.1 Å². The first kappa shape index (κ1) is 39.3. The molecule has 1 rings (SSSR count). The standard InChI is InChI=1S/C30H52O12S/c1-3-4-5-6-7-30(31)41-26-24-39-22-20-37-18-16-35-14-12-34-13-15-36-17-19-38-21-23-40-25-27-42-43(32,33)29-10-8-28(2)9-11-29/h8-11H,3-7,12-27H2,1-2H3. The van der Waals surface area contributed by atoms with E-state index in [1.807, 2.05) is 6.92 Å². The number of ether oxygens (including phenoxy) is 8. The zero-order valence-electron chi connectivity index (χ0n) is 26.0. The Morgan fingerprint density at radius 3 is 1.37 bits per heavy atom. The summed E-state index contributed by atoms with van der Waals surface area (Å²) in [5.74, 6) is -0.161. The monoisotopic (exact) mass is 636 g/mol. The number of carbonyl (C=O) groups excluding carboxylic acids is 1. The van der Waals surface area contributed by atoms with E-state index in [0.717, 1.165) is 31.2 Å². The van der Waals surface area contributed by atoms with Gasteiger partial charge in [-0.2, -0.15) is 8.42 Å². The number of aryl methyl sites for hydroxylation is 1. The lowest BCUT2D eigenvalue weighted by atomic mass is 10.2. The van der Waals surface area contributed by atoms with Crippen LogP contribution in [-0.4, -0.2) is 120 Å². The number of esters is 1. The lowest BCUT2D eigenvalue weighted by Crippen LogP contribution is -2.15. The van der Waals surface area contributed by atoms with Gasteiger partial charge in [-0.05, 0) is 25.5 Å². The van der Waals surface area contributed by atoms with Crippen molar-refractivity contribution in [3.8, 4) is 0 Å². The summed E-state index contributed by atoms with van der Waals surface area (Å²) in [6.45, 7) is 9.97. The van der Waals surface area contributed by atoms with Crippen LogP contribution >= 0.6 is 0 Å². The summed E-state index contributed by atoms with van der Waals surface area (Å²) >= 11 is 0. The Bertz CT molecular complexity index is 880. The smallest absolute Gasteiger partial charge is 0.305 e. The minimum absolute atomic E-state index is 0.0604. The second-order valence-electron chi connectivity index (χ2n) is 9.41. The fraction of sp³-hybridized carbons (Fsp3) is 0.767. The Labute approximate surface area is 257 Å². The number of hydrogen-bond acceptors (Lipinski definition) is 12. The maximum absolute atomic E-state index is 12.1. The summed E-state index contributed by atoms with van der Waals surface area (Å²) in [5, 5.41) is 0. The molecule has 1 aromatic carbocycles. The molecule has 0 N–H and O–H groups in total. The van der Waals surface area contributed by atoms with E-state index in [1.54, 1.807) is 12.1 Å².